The number of alkyl carbamates (subject to hydrolysis) is 1. The van der Waals surface area contributed by atoms with E-state index in [0.29, 0.717) is 25.8 Å². The van der Waals surface area contributed by atoms with Crippen LogP contribution in [0, 0.1) is 4.91 Å². The molecule has 0 spiro atoms. The molecule has 0 aliphatic heterocycles. The zero-order valence-electron chi connectivity index (χ0n) is 23.7. The number of hydrogen-bond acceptors (Lipinski definition) is 11. The first-order valence-corrected chi connectivity index (χ1v) is 14.2. The maximum absolute atomic E-state index is 12.4. The van der Waals surface area contributed by atoms with Crippen LogP contribution in [0.3, 0.4) is 0 Å². The van der Waals surface area contributed by atoms with Crippen LogP contribution < -0.4 is 20.2 Å². The van der Waals surface area contributed by atoms with E-state index in [1.54, 1.807) is 41.5 Å². The molecule has 14 heteroatoms. The van der Waals surface area contributed by atoms with Crippen LogP contribution in [0.15, 0.2) is 29.4 Å². The van der Waals surface area contributed by atoms with Crippen molar-refractivity contribution in [3.8, 4) is 5.75 Å². The van der Waals surface area contributed by atoms with Gasteiger partial charge in [-0.25, -0.2) is 9.59 Å². The Morgan fingerprint density at radius 1 is 0.974 bits per heavy atom. The van der Waals surface area contributed by atoms with Gasteiger partial charge in [0.15, 0.2) is 5.75 Å². The Balaban J connectivity index is 2.63. The normalized spacial score (nSPS) is 13.9. The van der Waals surface area contributed by atoms with Gasteiger partial charge in [-0.3, -0.25) is 9.32 Å². The SMILES string of the molecule is CC(NC(=O)CN[P+](O)(OCCCCCNC(=O)OC(C)(C)C)Oc1ccc(N=O)cc1)C(=O)OC(C)(C)C. The number of nitrogens with zero attached hydrogens (tertiary/aromatic N) is 1. The Hall–Kier alpha value is -2.86. The maximum Gasteiger partial charge on any atom is 0.544 e. The number of rotatable bonds is 15. The van der Waals surface area contributed by atoms with Gasteiger partial charge in [0.25, 0.3) is 0 Å². The highest BCUT2D eigenvalue weighted by Crippen LogP contribution is 2.52. The fourth-order valence-corrected chi connectivity index (χ4v) is 4.16. The second-order valence-electron chi connectivity index (χ2n) is 10.7. The Bertz CT molecular complexity index is 948. The summed E-state index contributed by atoms with van der Waals surface area (Å²) in [5.74, 6) is -0.999. The molecule has 0 bridgehead atoms. The number of carbonyl (C=O) groups is 3. The molecule has 2 atom stereocenters. The zero-order valence-corrected chi connectivity index (χ0v) is 24.6. The quantitative estimate of drug-likeness (QED) is 0.103. The lowest BCUT2D eigenvalue weighted by atomic mass is 10.2. The van der Waals surface area contributed by atoms with E-state index in [0.717, 1.165) is 0 Å². The van der Waals surface area contributed by atoms with Crippen molar-refractivity contribution in [2.45, 2.75) is 85.0 Å². The van der Waals surface area contributed by atoms with Gasteiger partial charge < -0.3 is 20.1 Å². The van der Waals surface area contributed by atoms with Crippen LogP contribution in [0.1, 0.15) is 67.7 Å². The number of carbonyl (C=O) groups excluding carboxylic acids is 3. The van der Waals surface area contributed by atoms with Crippen LogP contribution in [-0.4, -0.2) is 59.8 Å². The van der Waals surface area contributed by atoms with Crippen LogP contribution >= 0.6 is 8.09 Å². The average molecular weight is 574 g/mol. The first-order chi connectivity index (χ1) is 18.0. The van der Waals surface area contributed by atoms with Crippen molar-refractivity contribution in [2.75, 3.05) is 19.7 Å². The second kappa shape index (κ2) is 15.7. The third-order valence-corrected chi connectivity index (χ3v) is 6.05. The van der Waals surface area contributed by atoms with Crippen molar-refractivity contribution in [3.63, 3.8) is 0 Å². The highest BCUT2D eigenvalue weighted by Gasteiger charge is 2.44. The van der Waals surface area contributed by atoms with Gasteiger partial charge >= 0.3 is 20.2 Å². The molecule has 4 N–H and O–H groups in total. The van der Waals surface area contributed by atoms with Crippen LogP contribution in [-0.2, 0) is 23.6 Å². The summed E-state index contributed by atoms with van der Waals surface area (Å²) in [6.07, 6.45) is 1.35. The Labute approximate surface area is 230 Å². The molecule has 2 unspecified atom stereocenters. The molecule has 0 heterocycles. The molecule has 0 saturated heterocycles. The summed E-state index contributed by atoms with van der Waals surface area (Å²) in [5.41, 5.74) is -1.11. The molecule has 2 amide bonds. The lowest BCUT2D eigenvalue weighted by Crippen LogP contribution is -2.45. The number of nitrogens with one attached hydrogen (secondary N) is 3. The Morgan fingerprint density at radius 2 is 1.59 bits per heavy atom. The molecule has 0 radical (unpaired) electrons. The van der Waals surface area contributed by atoms with E-state index in [2.05, 4.69) is 20.9 Å². The Kier molecular flexibility index (Phi) is 13.7. The molecule has 1 aromatic carbocycles. The number of hydrogen-bond donors (Lipinski definition) is 4. The third-order valence-electron chi connectivity index (χ3n) is 4.50. The number of ether oxygens (including phenoxy) is 2. The topological polar surface area (TPSA) is 174 Å². The minimum absolute atomic E-state index is 0.0909. The van der Waals surface area contributed by atoms with Gasteiger partial charge in [-0.05, 0) is 97.2 Å². The van der Waals surface area contributed by atoms with E-state index < -0.39 is 49.9 Å². The van der Waals surface area contributed by atoms with E-state index in [-0.39, 0.29) is 18.0 Å². The first-order valence-electron chi connectivity index (χ1n) is 12.7. The number of amides is 2. The van der Waals surface area contributed by atoms with E-state index >= 15 is 0 Å². The van der Waals surface area contributed by atoms with Crippen molar-refractivity contribution in [2.24, 2.45) is 5.18 Å². The van der Waals surface area contributed by atoms with Crippen LogP contribution in [0.2, 0.25) is 0 Å². The number of esters is 1. The van der Waals surface area contributed by atoms with Gasteiger partial charge in [-0.15, -0.1) is 4.91 Å². The van der Waals surface area contributed by atoms with Crippen molar-refractivity contribution >= 4 is 31.8 Å². The summed E-state index contributed by atoms with van der Waals surface area (Å²) in [5, 5.41) is 10.6. The number of benzene rings is 1. The summed E-state index contributed by atoms with van der Waals surface area (Å²) in [6.45, 7) is 12.1. The van der Waals surface area contributed by atoms with Gasteiger partial charge in [0.2, 0.25) is 5.91 Å². The van der Waals surface area contributed by atoms with Crippen LogP contribution in [0.25, 0.3) is 0 Å². The summed E-state index contributed by atoms with van der Waals surface area (Å²) in [4.78, 5) is 57.9. The molecular weight excluding hydrogens is 531 g/mol. The smallest absolute Gasteiger partial charge is 0.458 e. The molecular formula is C25H42N4O9P+. The summed E-state index contributed by atoms with van der Waals surface area (Å²) in [6, 6.07) is 4.75. The highest BCUT2D eigenvalue weighted by molar-refractivity contribution is 7.58. The Morgan fingerprint density at radius 3 is 2.15 bits per heavy atom. The summed E-state index contributed by atoms with van der Waals surface area (Å²) >= 11 is 0. The molecule has 13 nitrogen and oxygen atoms in total. The molecule has 0 saturated carbocycles. The van der Waals surface area contributed by atoms with E-state index in [9.17, 15) is 24.2 Å². The van der Waals surface area contributed by atoms with Crippen LogP contribution in [0.5, 0.6) is 5.75 Å². The predicted molar refractivity (Wildman–Crippen MR) is 147 cm³/mol. The van der Waals surface area contributed by atoms with Gasteiger partial charge in [-0.2, -0.15) is 9.42 Å². The van der Waals surface area contributed by atoms with Gasteiger partial charge in [0.05, 0.1) is 6.61 Å². The lowest BCUT2D eigenvalue weighted by molar-refractivity contribution is -0.158. The van der Waals surface area contributed by atoms with Gasteiger partial charge in [0.1, 0.15) is 29.5 Å². The third kappa shape index (κ3) is 16.0. The molecule has 220 valence electrons. The number of unbranched alkanes of at least 4 members (excludes halogenated alkanes) is 2. The van der Waals surface area contributed by atoms with Crippen molar-refractivity contribution in [3.05, 3.63) is 29.2 Å². The standard InChI is InChI=1S/C25H41N4O9P/c1-18(22(31)36-24(2,3)4)28-21(30)17-27-39(34,38-20-13-11-19(29-33)12-14-20)35-16-10-8-9-15-26-23(32)37-25(5,6)7/h11-14,18,27,34H,8-10,15-17H2,1-7H3,(H-,26,28,30,32)/p+1. The van der Waals surface area contributed by atoms with Gasteiger partial charge in [0, 0.05) is 6.54 Å². The van der Waals surface area contributed by atoms with Gasteiger partial charge in [-0.1, -0.05) is 5.09 Å². The highest BCUT2D eigenvalue weighted by atomic mass is 31.2. The molecule has 0 fully saturated rings. The first kappa shape index (κ1) is 34.2. The van der Waals surface area contributed by atoms with Crippen LogP contribution in [0.4, 0.5) is 10.5 Å². The lowest BCUT2D eigenvalue weighted by Gasteiger charge is -2.23. The molecule has 1 rings (SSSR count). The van der Waals surface area contributed by atoms with E-state index in [1.165, 1.54) is 31.2 Å². The van der Waals surface area contributed by atoms with E-state index in [1.807, 2.05) is 0 Å². The monoisotopic (exact) mass is 573 g/mol. The minimum atomic E-state index is -3.79. The number of nitroso groups, excluding NO2 is 1. The molecule has 39 heavy (non-hydrogen) atoms. The zero-order chi connectivity index (χ0) is 29.7. The maximum atomic E-state index is 12.4. The summed E-state index contributed by atoms with van der Waals surface area (Å²) in [7, 11) is -3.79. The minimum Gasteiger partial charge on any atom is -0.458 e. The molecule has 0 aromatic heterocycles. The van der Waals surface area contributed by atoms with E-state index in [4.69, 9.17) is 18.5 Å². The molecule has 0 aliphatic carbocycles. The fraction of sp³-hybridized carbons (Fsp3) is 0.640. The fourth-order valence-electron chi connectivity index (χ4n) is 2.83. The van der Waals surface area contributed by atoms with Crippen molar-refractivity contribution in [1.29, 1.82) is 0 Å². The largest absolute Gasteiger partial charge is 0.544 e. The summed E-state index contributed by atoms with van der Waals surface area (Å²) < 4.78 is 21.7. The predicted octanol–water partition coefficient (Wildman–Crippen LogP) is 4.28. The molecule has 0 aliphatic rings. The van der Waals surface area contributed by atoms with Crippen molar-refractivity contribution in [1.82, 2.24) is 15.7 Å². The van der Waals surface area contributed by atoms with Crippen molar-refractivity contribution < 1.29 is 37.8 Å². The average Bonchev–Trinajstić information content (AvgIpc) is 2.80. The molecule has 1 aromatic rings. The second-order valence-corrected chi connectivity index (χ2v) is 12.5.